The van der Waals surface area contributed by atoms with E-state index >= 15 is 0 Å². The number of hydrogen-bond donors (Lipinski definition) is 1. The number of fused-ring (bicyclic) bond motifs is 1. The molecule has 2 aliphatic heterocycles. The van der Waals surface area contributed by atoms with Crippen LogP contribution in [0.5, 0.6) is 0 Å². The van der Waals surface area contributed by atoms with Crippen molar-refractivity contribution in [2.45, 2.75) is 25.3 Å². The van der Waals surface area contributed by atoms with E-state index in [1.54, 1.807) is 7.05 Å². The number of carbonyl (C=O) groups is 2. The van der Waals surface area contributed by atoms with Crippen molar-refractivity contribution >= 4 is 36.9 Å². The zero-order valence-electron chi connectivity index (χ0n) is 11.8. The summed E-state index contributed by atoms with van der Waals surface area (Å²) in [5.41, 5.74) is 2.04. The van der Waals surface area contributed by atoms with E-state index in [0.717, 1.165) is 10.2 Å². The SMILES string of the molecule is CN1C(=O)[C@H]2C([Si](C)(C)C)=NN[C@@]2(CCl)N(C)C1=O. The van der Waals surface area contributed by atoms with Crippen LogP contribution in [0.2, 0.25) is 19.6 Å². The number of nitrogens with one attached hydrogen (secondary N) is 1. The lowest BCUT2D eigenvalue weighted by molar-refractivity contribution is -0.137. The fourth-order valence-electron chi connectivity index (χ4n) is 2.58. The molecule has 0 aromatic heterocycles. The minimum absolute atomic E-state index is 0.122. The first kappa shape index (κ1) is 14.3. The molecule has 0 aliphatic carbocycles. The van der Waals surface area contributed by atoms with Gasteiger partial charge < -0.3 is 4.90 Å². The number of urea groups is 1. The average Bonchev–Trinajstić information content (AvgIpc) is 2.74. The zero-order chi connectivity index (χ0) is 14.6. The van der Waals surface area contributed by atoms with Gasteiger partial charge in [0.2, 0.25) is 5.91 Å². The van der Waals surface area contributed by atoms with Crippen LogP contribution in [-0.4, -0.2) is 60.8 Å². The van der Waals surface area contributed by atoms with Gasteiger partial charge in [-0.1, -0.05) is 19.6 Å². The van der Waals surface area contributed by atoms with Crippen LogP contribution in [0.15, 0.2) is 5.10 Å². The van der Waals surface area contributed by atoms with Crippen molar-refractivity contribution in [1.29, 1.82) is 0 Å². The highest BCUT2D eigenvalue weighted by atomic mass is 35.5. The number of hydrazone groups is 1. The summed E-state index contributed by atoms with van der Waals surface area (Å²) in [5, 5.41) is 5.23. The van der Waals surface area contributed by atoms with Crippen molar-refractivity contribution in [3.05, 3.63) is 0 Å². The summed E-state index contributed by atoms with van der Waals surface area (Å²) in [6.07, 6.45) is 0. The average molecular weight is 303 g/mol. The standard InChI is InChI=1S/C11H19ClN4O2Si/c1-15-9(17)7-8(19(3,4)5)13-14-11(7,6-12)16(2)10(15)18/h7,14H,6H2,1-5H3/t7-,11+/m1/s1. The van der Waals surface area contributed by atoms with Crippen LogP contribution in [0, 0.1) is 5.92 Å². The normalized spacial score (nSPS) is 31.3. The van der Waals surface area contributed by atoms with E-state index < -0.39 is 19.7 Å². The van der Waals surface area contributed by atoms with Crippen molar-refractivity contribution in [3.63, 3.8) is 0 Å². The molecule has 1 N–H and O–H groups in total. The molecule has 0 radical (unpaired) electrons. The van der Waals surface area contributed by atoms with Gasteiger partial charge in [-0.2, -0.15) is 5.10 Å². The van der Waals surface area contributed by atoms with Gasteiger partial charge in [-0.3, -0.25) is 15.1 Å². The van der Waals surface area contributed by atoms with Crippen molar-refractivity contribution in [2.75, 3.05) is 20.0 Å². The minimum atomic E-state index is -1.78. The molecule has 1 fully saturated rings. The predicted molar refractivity (Wildman–Crippen MR) is 76.8 cm³/mol. The molecule has 2 atom stereocenters. The van der Waals surface area contributed by atoms with Gasteiger partial charge in [0.15, 0.2) is 5.66 Å². The maximum absolute atomic E-state index is 12.5. The molecule has 0 unspecified atom stereocenters. The summed E-state index contributed by atoms with van der Waals surface area (Å²) in [7, 11) is 1.37. The molecule has 8 heteroatoms. The Balaban J connectivity index is 2.53. The van der Waals surface area contributed by atoms with E-state index in [0.29, 0.717) is 0 Å². The molecule has 106 valence electrons. The van der Waals surface area contributed by atoms with Crippen LogP contribution >= 0.6 is 11.6 Å². The minimum Gasteiger partial charge on any atom is -0.301 e. The van der Waals surface area contributed by atoms with Gasteiger partial charge >= 0.3 is 6.03 Å². The largest absolute Gasteiger partial charge is 0.328 e. The molecule has 0 spiro atoms. The quantitative estimate of drug-likeness (QED) is 0.609. The Morgan fingerprint density at radius 1 is 1.37 bits per heavy atom. The molecule has 0 aromatic carbocycles. The lowest BCUT2D eigenvalue weighted by Gasteiger charge is -2.47. The highest BCUT2D eigenvalue weighted by Gasteiger charge is 2.60. The van der Waals surface area contributed by atoms with Crippen LogP contribution in [0.4, 0.5) is 4.79 Å². The van der Waals surface area contributed by atoms with Gasteiger partial charge in [0.05, 0.1) is 14.0 Å². The lowest BCUT2D eigenvalue weighted by atomic mass is 9.91. The molecule has 0 saturated carbocycles. The van der Waals surface area contributed by atoms with E-state index in [4.69, 9.17) is 11.6 Å². The molecule has 3 amide bonds. The smallest absolute Gasteiger partial charge is 0.301 e. The molecule has 2 rings (SSSR count). The summed E-state index contributed by atoms with van der Waals surface area (Å²) >= 11 is 6.08. The van der Waals surface area contributed by atoms with Crippen LogP contribution < -0.4 is 5.43 Å². The molecule has 1 saturated heterocycles. The number of imide groups is 1. The van der Waals surface area contributed by atoms with E-state index in [2.05, 4.69) is 30.2 Å². The molecular formula is C11H19ClN4O2Si. The second-order valence-corrected chi connectivity index (χ2v) is 11.4. The topological polar surface area (TPSA) is 65.0 Å². The van der Waals surface area contributed by atoms with Crippen LogP contribution in [0.1, 0.15) is 0 Å². The van der Waals surface area contributed by atoms with Gasteiger partial charge in [-0.25, -0.2) is 4.79 Å². The Labute approximate surface area is 118 Å². The first-order chi connectivity index (χ1) is 8.66. The van der Waals surface area contributed by atoms with E-state index in [1.807, 2.05) is 0 Å². The summed E-state index contributed by atoms with van der Waals surface area (Å²) in [5.74, 6) is -0.587. The number of rotatable bonds is 2. The van der Waals surface area contributed by atoms with Gasteiger partial charge in [-0.05, 0) is 0 Å². The van der Waals surface area contributed by atoms with Gasteiger partial charge in [0.25, 0.3) is 0 Å². The molecule has 6 nitrogen and oxygen atoms in total. The van der Waals surface area contributed by atoms with Crippen molar-refractivity contribution < 1.29 is 9.59 Å². The molecule has 2 aliphatic rings. The summed E-state index contributed by atoms with van der Waals surface area (Å²) < 4.78 is 0. The van der Waals surface area contributed by atoms with E-state index in [1.165, 1.54) is 11.9 Å². The summed E-state index contributed by atoms with van der Waals surface area (Å²) in [6.45, 7) is 6.38. The van der Waals surface area contributed by atoms with Crippen molar-refractivity contribution in [1.82, 2.24) is 15.2 Å². The number of alkyl halides is 1. The number of hydrogen-bond acceptors (Lipinski definition) is 4. The number of amides is 3. The first-order valence-corrected chi connectivity index (χ1v) is 10.2. The Morgan fingerprint density at radius 3 is 2.42 bits per heavy atom. The maximum atomic E-state index is 12.5. The number of nitrogens with zero attached hydrogens (tertiary/aromatic N) is 3. The number of halogens is 1. The molecule has 0 aromatic rings. The second-order valence-electron chi connectivity index (χ2n) is 6.09. The molecule has 0 bridgehead atoms. The third kappa shape index (κ3) is 1.79. The Kier molecular flexibility index (Phi) is 3.17. The van der Waals surface area contributed by atoms with Crippen molar-refractivity contribution in [2.24, 2.45) is 11.0 Å². The van der Waals surface area contributed by atoms with Crippen LogP contribution in [0.25, 0.3) is 0 Å². The van der Waals surface area contributed by atoms with Gasteiger partial charge in [0.1, 0.15) is 5.92 Å². The summed E-state index contributed by atoms with van der Waals surface area (Å²) in [6, 6.07) is -0.360. The fraction of sp³-hybridized carbons (Fsp3) is 0.727. The van der Waals surface area contributed by atoms with Crippen molar-refractivity contribution in [3.8, 4) is 0 Å². The number of carbonyl (C=O) groups excluding carboxylic acids is 2. The van der Waals surface area contributed by atoms with Crippen LogP contribution in [0.3, 0.4) is 0 Å². The Hall–Kier alpha value is -1.08. The summed E-state index contributed by atoms with van der Waals surface area (Å²) in [4.78, 5) is 27.2. The molecular weight excluding hydrogens is 284 g/mol. The Morgan fingerprint density at radius 2 is 1.95 bits per heavy atom. The Bertz CT molecular complexity index is 476. The first-order valence-electron chi connectivity index (χ1n) is 6.13. The zero-order valence-corrected chi connectivity index (χ0v) is 13.6. The third-order valence-corrected chi connectivity index (χ3v) is 6.19. The third-order valence-electron chi connectivity index (χ3n) is 3.84. The van der Waals surface area contributed by atoms with E-state index in [-0.39, 0.29) is 17.8 Å². The molecule has 2 heterocycles. The second kappa shape index (κ2) is 4.21. The lowest BCUT2D eigenvalue weighted by Crippen LogP contribution is -2.72. The maximum Gasteiger partial charge on any atom is 0.328 e. The molecule has 19 heavy (non-hydrogen) atoms. The van der Waals surface area contributed by atoms with Gasteiger partial charge in [0, 0.05) is 19.4 Å². The predicted octanol–water partition coefficient (Wildman–Crippen LogP) is 0.898. The monoisotopic (exact) mass is 302 g/mol. The van der Waals surface area contributed by atoms with Crippen LogP contribution in [-0.2, 0) is 4.79 Å². The van der Waals surface area contributed by atoms with Gasteiger partial charge in [-0.15, -0.1) is 11.6 Å². The fourth-order valence-corrected chi connectivity index (χ4v) is 4.60. The van der Waals surface area contributed by atoms with E-state index in [9.17, 15) is 9.59 Å². The highest BCUT2D eigenvalue weighted by Crippen LogP contribution is 2.37. The highest BCUT2D eigenvalue weighted by molar-refractivity contribution is 7.05.